The molecule has 0 aliphatic carbocycles. The number of anilines is 1. The van der Waals surface area contributed by atoms with Crippen LogP contribution in [-0.2, 0) is 11.2 Å². The minimum Gasteiger partial charge on any atom is -0.494 e. The van der Waals surface area contributed by atoms with E-state index in [4.69, 9.17) is 18.6 Å². The van der Waals surface area contributed by atoms with Crippen LogP contribution in [0.1, 0.15) is 18.4 Å². The van der Waals surface area contributed by atoms with Gasteiger partial charge in [-0.05, 0) is 56.3 Å². The Morgan fingerprint density at radius 1 is 1.14 bits per heavy atom. The van der Waals surface area contributed by atoms with Gasteiger partial charge >= 0.3 is 0 Å². The van der Waals surface area contributed by atoms with E-state index in [1.165, 1.54) is 0 Å². The molecule has 7 heteroatoms. The molecule has 0 saturated carbocycles. The van der Waals surface area contributed by atoms with E-state index in [0.717, 1.165) is 11.3 Å². The highest BCUT2D eigenvalue weighted by Gasteiger charge is 2.18. The second-order valence-corrected chi connectivity index (χ2v) is 6.27. The SMILES string of the molecule is CCOc1ccc(NC(=O)Cc2nc(-c3ccc4c(c3)OCO4)oc2C)cc1. The predicted molar refractivity (Wildman–Crippen MR) is 103 cm³/mol. The third-order valence-electron chi connectivity index (χ3n) is 4.29. The van der Waals surface area contributed by atoms with Crippen molar-refractivity contribution in [1.29, 1.82) is 0 Å². The molecule has 1 aliphatic rings. The van der Waals surface area contributed by atoms with Crippen molar-refractivity contribution in [3.63, 3.8) is 0 Å². The van der Waals surface area contributed by atoms with Crippen LogP contribution < -0.4 is 19.5 Å². The summed E-state index contributed by atoms with van der Waals surface area (Å²) in [7, 11) is 0. The Kier molecular flexibility index (Phi) is 4.89. The first-order valence-electron chi connectivity index (χ1n) is 9.01. The summed E-state index contributed by atoms with van der Waals surface area (Å²) in [6, 6.07) is 12.7. The lowest BCUT2D eigenvalue weighted by Gasteiger charge is -2.06. The van der Waals surface area contributed by atoms with Gasteiger partial charge in [0.2, 0.25) is 18.6 Å². The molecule has 3 aromatic rings. The molecular formula is C21H20N2O5. The third kappa shape index (κ3) is 3.78. The molecule has 0 saturated heterocycles. The van der Waals surface area contributed by atoms with E-state index in [9.17, 15) is 4.79 Å². The topological polar surface area (TPSA) is 82.8 Å². The lowest BCUT2D eigenvalue weighted by molar-refractivity contribution is -0.115. The van der Waals surface area contributed by atoms with Crippen molar-refractivity contribution in [1.82, 2.24) is 4.98 Å². The van der Waals surface area contributed by atoms with Gasteiger partial charge in [0.05, 0.1) is 18.7 Å². The van der Waals surface area contributed by atoms with Gasteiger partial charge < -0.3 is 23.9 Å². The molecule has 2 heterocycles. The average Bonchev–Trinajstić information content (AvgIpc) is 3.29. The van der Waals surface area contributed by atoms with E-state index in [-0.39, 0.29) is 19.1 Å². The summed E-state index contributed by atoms with van der Waals surface area (Å²) in [5, 5.41) is 2.86. The largest absolute Gasteiger partial charge is 0.494 e. The van der Waals surface area contributed by atoms with Crippen LogP contribution in [0.25, 0.3) is 11.5 Å². The highest BCUT2D eigenvalue weighted by Crippen LogP contribution is 2.36. The number of carbonyl (C=O) groups is 1. The van der Waals surface area contributed by atoms with E-state index < -0.39 is 0 Å². The monoisotopic (exact) mass is 380 g/mol. The Morgan fingerprint density at radius 3 is 2.71 bits per heavy atom. The van der Waals surface area contributed by atoms with E-state index >= 15 is 0 Å². The number of hydrogen-bond donors (Lipinski definition) is 1. The molecule has 0 radical (unpaired) electrons. The van der Waals surface area contributed by atoms with Crippen LogP contribution >= 0.6 is 0 Å². The van der Waals surface area contributed by atoms with E-state index in [0.29, 0.717) is 41.1 Å². The van der Waals surface area contributed by atoms with Crippen LogP contribution in [0.3, 0.4) is 0 Å². The maximum Gasteiger partial charge on any atom is 0.231 e. The van der Waals surface area contributed by atoms with Crippen molar-refractivity contribution in [2.75, 3.05) is 18.7 Å². The quantitative estimate of drug-likeness (QED) is 0.697. The molecule has 144 valence electrons. The van der Waals surface area contributed by atoms with Crippen molar-refractivity contribution < 1.29 is 23.4 Å². The Bertz CT molecular complexity index is 995. The lowest BCUT2D eigenvalue weighted by Crippen LogP contribution is -2.15. The fourth-order valence-corrected chi connectivity index (χ4v) is 2.90. The Morgan fingerprint density at radius 2 is 1.93 bits per heavy atom. The minimum absolute atomic E-state index is 0.118. The van der Waals surface area contributed by atoms with Gasteiger partial charge in [-0.2, -0.15) is 0 Å². The molecule has 0 fully saturated rings. The van der Waals surface area contributed by atoms with E-state index in [1.54, 1.807) is 19.1 Å². The number of amides is 1. The van der Waals surface area contributed by atoms with Crippen LogP contribution in [0, 0.1) is 6.92 Å². The van der Waals surface area contributed by atoms with Crippen molar-refractivity contribution in [2.45, 2.75) is 20.3 Å². The maximum atomic E-state index is 12.4. The molecule has 1 N–H and O–H groups in total. The van der Waals surface area contributed by atoms with Gasteiger partial charge in [-0.1, -0.05) is 0 Å². The van der Waals surface area contributed by atoms with Gasteiger partial charge in [0.15, 0.2) is 11.5 Å². The maximum absolute atomic E-state index is 12.4. The summed E-state index contributed by atoms with van der Waals surface area (Å²) >= 11 is 0. The van der Waals surface area contributed by atoms with Gasteiger partial charge in [0.25, 0.3) is 0 Å². The van der Waals surface area contributed by atoms with Gasteiger partial charge in [0, 0.05) is 11.3 Å². The Balaban J connectivity index is 1.44. The number of benzene rings is 2. The van der Waals surface area contributed by atoms with Gasteiger partial charge in [-0.3, -0.25) is 4.79 Å². The molecule has 2 aromatic carbocycles. The summed E-state index contributed by atoms with van der Waals surface area (Å²) in [6.45, 7) is 4.53. The van der Waals surface area contributed by atoms with Gasteiger partial charge in [-0.25, -0.2) is 4.98 Å². The lowest BCUT2D eigenvalue weighted by atomic mass is 10.2. The Hall–Kier alpha value is -3.48. The van der Waals surface area contributed by atoms with Gasteiger partial charge in [0.1, 0.15) is 11.5 Å². The number of nitrogens with one attached hydrogen (secondary N) is 1. The number of hydrogen-bond acceptors (Lipinski definition) is 6. The molecule has 28 heavy (non-hydrogen) atoms. The average molecular weight is 380 g/mol. The summed E-state index contributed by atoms with van der Waals surface area (Å²) < 4.78 is 21.8. The molecule has 0 atom stereocenters. The highest BCUT2D eigenvalue weighted by atomic mass is 16.7. The molecule has 0 spiro atoms. The number of carbonyl (C=O) groups excluding carboxylic acids is 1. The number of aromatic nitrogens is 1. The molecule has 7 nitrogen and oxygen atoms in total. The zero-order chi connectivity index (χ0) is 19.5. The van der Waals surface area contributed by atoms with Crippen molar-refractivity contribution in [3.05, 3.63) is 53.9 Å². The summed E-state index contributed by atoms with van der Waals surface area (Å²) in [5.74, 6) is 3.00. The number of oxazole rings is 1. The molecule has 1 amide bonds. The van der Waals surface area contributed by atoms with Crippen LogP contribution in [0.4, 0.5) is 5.69 Å². The zero-order valence-corrected chi connectivity index (χ0v) is 15.7. The fraction of sp³-hybridized carbons (Fsp3) is 0.238. The zero-order valence-electron chi connectivity index (χ0n) is 15.7. The first-order chi connectivity index (χ1) is 13.6. The van der Waals surface area contributed by atoms with E-state index in [2.05, 4.69) is 10.3 Å². The second-order valence-electron chi connectivity index (χ2n) is 6.27. The normalized spacial score (nSPS) is 12.1. The third-order valence-corrected chi connectivity index (χ3v) is 4.29. The summed E-state index contributed by atoms with van der Waals surface area (Å²) in [4.78, 5) is 16.9. The molecular weight excluding hydrogens is 360 g/mol. The predicted octanol–water partition coefficient (Wildman–Crippen LogP) is 3.96. The number of nitrogens with zero attached hydrogens (tertiary/aromatic N) is 1. The van der Waals surface area contributed by atoms with Crippen LogP contribution in [0.2, 0.25) is 0 Å². The molecule has 1 aromatic heterocycles. The number of fused-ring (bicyclic) bond motifs is 1. The molecule has 0 unspecified atom stereocenters. The fourth-order valence-electron chi connectivity index (χ4n) is 2.90. The number of rotatable bonds is 6. The number of ether oxygens (including phenoxy) is 3. The minimum atomic E-state index is -0.169. The molecule has 4 rings (SSSR count). The highest BCUT2D eigenvalue weighted by molar-refractivity contribution is 5.92. The second kappa shape index (κ2) is 7.64. The Labute approximate surface area is 162 Å². The van der Waals surface area contributed by atoms with Crippen LogP contribution in [0.15, 0.2) is 46.9 Å². The first-order valence-corrected chi connectivity index (χ1v) is 9.01. The van der Waals surface area contributed by atoms with Crippen molar-refractivity contribution in [2.24, 2.45) is 0 Å². The first kappa shape index (κ1) is 17.9. The molecule has 1 aliphatic heterocycles. The van der Waals surface area contributed by atoms with Crippen LogP contribution in [0.5, 0.6) is 17.2 Å². The standard InChI is InChI=1S/C21H20N2O5/c1-3-25-16-7-5-15(6-8-16)22-20(24)11-17-13(2)28-21(23-17)14-4-9-18-19(10-14)27-12-26-18/h4-10H,3,11-12H2,1-2H3,(H,22,24). The van der Waals surface area contributed by atoms with Gasteiger partial charge in [-0.15, -0.1) is 0 Å². The van der Waals surface area contributed by atoms with Crippen LogP contribution in [-0.4, -0.2) is 24.3 Å². The summed E-state index contributed by atoms with van der Waals surface area (Å²) in [5.41, 5.74) is 2.06. The smallest absolute Gasteiger partial charge is 0.231 e. The van der Waals surface area contributed by atoms with E-state index in [1.807, 2.05) is 37.3 Å². The number of aryl methyl sites for hydroxylation is 1. The summed E-state index contributed by atoms with van der Waals surface area (Å²) in [6.07, 6.45) is 0.118. The molecule has 0 bridgehead atoms. The van der Waals surface area contributed by atoms with Crippen molar-refractivity contribution in [3.8, 4) is 28.7 Å². The van der Waals surface area contributed by atoms with Crippen molar-refractivity contribution >= 4 is 11.6 Å².